The van der Waals surface area contributed by atoms with Crippen LogP contribution in [0.25, 0.3) is 0 Å². The molecule has 0 aromatic carbocycles. The summed E-state index contributed by atoms with van der Waals surface area (Å²) < 4.78 is 10.4. The normalized spacial score (nSPS) is 20.1. The average Bonchev–Trinajstić information content (AvgIpc) is 2.41. The van der Waals surface area contributed by atoms with E-state index in [4.69, 9.17) is 9.47 Å². The van der Waals surface area contributed by atoms with E-state index in [1.807, 2.05) is 0 Å². The minimum atomic E-state index is 0.751. The van der Waals surface area contributed by atoms with E-state index in [0.29, 0.717) is 0 Å². The minimum Gasteiger partial charge on any atom is -0.343 e. The van der Waals surface area contributed by atoms with Crippen LogP contribution >= 0.6 is 0 Å². The fraction of sp³-hybridized carbons (Fsp3) is 0.875. The van der Waals surface area contributed by atoms with Gasteiger partial charge in [0.1, 0.15) is 0 Å². The van der Waals surface area contributed by atoms with Crippen molar-refractivity contribution in [3.63, 3.8) is 0 Å². The molecule has 0 bridgehead atoms. The second-order valence-corrected chi connectivity index (χ2v) is 2.53. The molecule has 0 N–H and O–H groups in total. The Hall–Kier alpha value is -0.0800. The molecule has 10 heavy (non-hydrogen) atoms. The van der Waals surface area contributed by atoms with E-state index in [2.05, 4.69) is 6.92 Å². The van der Waals surface area contributed by atoms with E-state index in [9.17, 15) is 0 Å². The molecular formula is C8H15O2. The maximum atomic E-state index is 5.19. The van der Waals surface area contributed by atoms with Gasteiger partial charge in [0.15, 0.2) is 0 Å². The molecule has 0 saturated carbocycles. The van der Waals surface area contributed by atoms with Gasteiger partial charge in [-0.1, -0.05) is 19.8 Å². The van der Waals surface area contributed by atoms with Gasteiger partial charge >= 0.3 is 0 Å². The molecule has 0 atom stereocenters. The quantitative estimate of drug-likeness (QED) is 0.561. The second kappa shape index (κ2) is 4.69. The van der Waals surface area contributed by atoms with E-state index >= 15 is 0 Å². The van der Waals surface area contributed by atoms with Crippen LogP contribution < -0.4 is 0 Å². The van der Waals surface area contributed by atoms with Gasteiger partial charge in [-0.3, -0.25) is 0 Å². The predicted octanol–water partition coefficient (Wildman–Crippen LogP) is 2.10. The molecule has 0 spiro atoms. The summed E-state index contributed by atoms with van der Waals surface area (Å²) in [4.78, 5) is 0. The second-order valence-electron chi connectivity index (χ2n) is 2.53. The van der Waals surface area contributed by atoms with Gasteiger partial charge in [0.05, 0.1) is 13.2 Å². The number of unbranched alkanes of at least 4 members (excludes halogenated alkanes) is 2. The maximum absolute atomic E-state index is 5.19. The van der Waals surface area contributed by atoms with Crippen LogP contribution in [0.3, 0.4) is 0 Å². The van der Waals surface area contributed by atoms with E-state index in [0.717, 1.165) is 25.9 Å². The summed E-state index contributed by atoms with van der Waals surface area (Å²) in [6, 6.07) is 0. The first-order valence-electron chi connectivity index (χ1n) is 4.05. The fourth-order valence-corrected chi connectivity index (χ4v) is 1.02. The van der Waals surface area contributed by atoms with E-state index in [1.54, 1.807) is 0 Å². The Labute approximate surface area is 62.5 Å². The molecule has 0 aromatic heterocycles. The largest absolute Gasteiger partial charge is 0.343 e. The lowest BCUT2D eigenvalue weighted by atomic mass is 10.2. The number of hydrogen-bond donors (Lipinski definition) is 0. The third-order valence-electron chi connectivity index (χ3n) is 1.59. The Balaban J connectivity index is 1.91. The standard InChI is InChI=1S/C8H15O2/c1-2-3-4-5-8-9-6-7-10-8/h2-7H2,1H3. The summed E-state index contributed by atoms with van der Waals surface area (Å²) >= 11 is 0. The van der Waals surface area contributed by atoms with Gasteiger partial charge in [-0.05, 0) is 6.42 Å². The monoisotopic (exact) mass is 143 g/mol. The first-order valence-corrected chi connectivity index (χ1v) is 4.05. The molecule has 1 aliphatic heterocycles. The Morgan fingerprint density at radius 2 is 1.90 bits per heavy atom. The highest BCUT2D eigenvalue weighted by molar-refractivity contribution is 4.69. The minimum absolute atomic E-state index is 0.751. The smallest absolute Gasteiger partial charge is 0.223 e. The summed E-state index contributed by atoms with van der Waals surface area (Å²) in [6.07, 6.45) is 5.58. The summed E-state index contributed by atoms with van der Waals surface area (Å²) in [6.45, 7) is 3.70. The van der Waals surface area contributed by atoms with E-state index < -0.39 is 0 Å². The van der Waals surface area contributed by atoms with Gasteiger partial charge in [-0.2, -0.15) is 0 Å². The summed E-state index contributed by atoms with van der Waals surface area (Å²) in [5.74, 6) is 0. The Bertz CT molecular complexity index is 77.3. The topological polar surface area (TPSA) is 18.5 Å². The predicted molar refractivity (Wildman–Crippen MR) is 39.3 cm³/mol. The molecule has 1 fully saturated rings. The number of ether oxygens (including phenoxy) is 2. The van der Waals surface area contributed by atoms with Crippen LogP contribution in [0.2, 0.25) is 0 Å². The molecule has 0 amide bonds. The average molecular weight is 143 g/mol. The molecule has 2 heteroatoms. The molecule has 0 unspecified atom stereocenters. The zero-order valence-electron chi connectivity index (χ0n) is 6.56. The van der Waals surface area contributed by atoms with Crippen molar-refractivity contribution >= 4 is 0 Å². The summed E-state index contributed by atoms with van der Waals surface area (Å²) in [7, 11) is 0. The molecule has 1 aliphatic rings. The SMILES string of the molecule is CCCCC[C]1OCCO1. The van der Waals surface area contributed by atoms with Crippen molar-refractivity contribution in [2.75, 3.05) is 13.2 Å². The molecule has 0 aromatic rings. The van der Waals surface area contributed by atoms with Crippen molar-refractivity contribution in [3.8, 4) is 0 Å². The van der Waals surface area contributed by atoms with E-state index in [-0.39, 0.29) is 0 Å². The number of rotatable bonds is 4. The van der Waals surface area contributed by atoms with Gasteiger partial charge < -0.3 is 9.47 Å². The van der Waals surface area contributed by atoms with Crippen LogP contribution in [-0.2, 0) is 9.47 Å². The molecule has 2 nitrogen and oxygen atoms in total. The van der Waals surface area contributed by atoms with Crippen LogP contribution in [0.1, 0.15) is 32.6 Å². The fourth-order valence-electron chi connectivity index (χ4n) is 1.02. The molecule has 1 rings (SSSR count). The van der Waals surface area contributed by atoms with E-state index in [1.165, 1.54) is 19.3 Å². The van der Waals surface area contributed by atoms with Gasteiger partial charge in [-0.25, -0.2) is 0 Å². The molecule has 1 saturated heterocycles. The van der Waals surface area contributed by atoms with Crippen LogP contribution in [0.5, 0.6) is 0 Å². The highest BCUT2D eigenvalue weighted by Gasteiger charge is 2.16. The third kappa shape index (κ3) is 2.67. The Morgan fingerprint density at radius 1 is 1.20 bits per heavy atom. The molecule has 1 radical (unpaired) electrons. The zero-order valence-corrected chi connectivity index (χ0v) is 6.56. The van der Waals surface area contributed by atoms with Crippen molar-refractivity contribution in [2.24, 2.45) is 0 Å². The zero-order chi connectivity index (χ0) is 7.23. The van der Waals surface area contributed by atoms with Crippen molar-refractivity contribution < 1.29 is 9.47 Å². The highest BCUT2D eigenvalue weighted by atomic mass is 16.7. The Morgan fingerprint density at radius 3 is 2.50 bits per heavy atom. The van der Waals surface area contributed by atoms with Crippen molar-refractivity contribution in [1.29, 1.82) is 0 Å². The van der Waals surface area contributed by atoms with Crippen LogP contribution in [0, 0.1) is 6.29 Å². The lowest BCUT2D eigenvalue weighted by Gasteiger charge is -2.04. The van der Waals surface area contributed by atoms with Crippen LogP contribution in [0.15, 0.2) is 0 Å². The first-order chi connectivity index (χ1) is 4.93. The van der Waals surface area contributed by atoms with Gasteiger partial charge in [0.25, 0.3) is 0 Å². The Kier molecular flexibility index (Phi) is 3.76. The van der Waals surface area contributed by atoms with Gasteiger partial charge in [-0.15, -0.1) is 0 Å². The van der Waals surface area contributed by atoms with Crippen molar-refractivity contribution in [2.45, 2.75) is 32.6 Å². The van der Waals surface area contributed by atoms with Gasteiger partial charge in [0.2, 0.25) is 6.29 Å². The van der Waals surface area contributed by atoms with Crippen LogP contribution in [-0.4, -0.2) is 13.2 Å². The molecule has 1 heterocycles. The van der Waals surface area contributed by atoms with Crippen molar-refractivity contribution in [3.05, 3.63) is 6.29 Å². The molecule has 59 valence electrons. The third-order valence-corrected chi connectivity index (χ3v) is 1.59. The lowest BCUT2D eigenvalue weighted by Crippen LogP contribution is -1.95. The first kappa shape index (κ1) is 8.02. The van der Waals surface area contributed by atoms with Crippen molar-refractivity contribution in [1.82, 2.24) is 0 Å². The summed E-state index contributed by atoms with van der Waals surface area (Å²) in [5.41, 5.74) is 0. The number of hydrogen-bond acceptors (Lipinski definition) is 2. The summed E-state index contributed by atoms with van der Waals surface area (Å²) in [5, 5.41) is 0. The van der Waals surface area contributed by atoms with Crippen LogP contribution in [0.4, 0.5) is 0 Å². The van der Waals surface area contributed by atoms with Gasteiger partial charge in [0, 0.05) is 6.42 Å². The molecule has 0 aliphatic carbocycles. The molecular weight excluding hydrogens is 128 g/mol. The maximum Gasteiger partial charge on any atom is 0.223 e. The lowest BCUT2D eigenvalue weighted by molar-refractivity contribution is 0.0632. The highest BCUT2D eigenvalue weighted by Crippen LogP contribution is 2.18.